The Morgan fingerprint density at radius 2 is 2.00 bits per heavy atom. The topological polar surface area (TPSA) is 44.0 Å². The van der Waals surface area contributed by atoms with Crippen molar-refractivity contribution in [2.75, 3.05) is 13.1 Å². The van der Waals surface area contributed by atoms with Gasteiger partial charge in [0, 0.05) is 19.8 Å². The number of fused-ring (bicyclic) bond motifs is 1. The number of benzene rings is 1. The van der Waals surface area contributed by atoms with E-state index < -0.39 is 0 Å². The van der Waals surface area contributed by atoms with E-state index in [1.165, 1.54) is 33.6 Å². The van der Waals surface area contributed by atoms with Gasteiger partial charge in [-0.25, -0.2) is 4.98 Å². The summed E-state index contributed by atoms with van der Waals surface area (Å²) in [6.07, 6.45) is 10.3. The van der Waals surface area contributed by atoms with E-state index in [-0.39, 0.29) is 0 Å². The highest BCUT2D eigenvalue weighted by molar-refractivity contribution is 7.17. The van der Waals surface area contributed by atoms with Crippen molar-refractivity contribution in [2.24, 2.45) is 7.05 Å². The van der Waals surface area contributed by atoms with Gasteiger partial charge in [0.25, 0.3) is 0 Å². The summed E-state index contributed by atoms with van der Waals surface area (Å²) in [5, 5.41) is 5.61. The molecule has 5 rings (SSSR count). The summed E-state index contributed by atoms with van der Waals surface area (Å²) in [6.45, 7) is 5.36. The van der Waals surface area contributed by atoms with E-state index in [1.807, 2.05) is 0 Å². The fourth-order valence-electron chi connectivity index (χ4n) is 4.97. The summed E-state index contributed by atoms with van der Waals surface area (Å²) >= 11 is 1.80. The number of imidazole rings is 1. The number of nitrogens with zero attached hydrogens (tertiary/aromatic N) is 3. The van der Waals surface area contributed by atoms with Crippen LogP contribution in [0.15, 0.2) is 48.0 Å². The normalized spacial score (nSPS) is 16.7. The Morgan fingerprint density at radius 3 is 2.82 bits per heavy atom. The van der Waals surface area contributed by atoms with Crippen molar-refractivity contribution in [1.82, 2.24) is 19.4 Å². The van der Waals surface area contributed by atoms with E-state index in [0.717, 1.165) is 69.7 Å². The Hall–Kier alpha value is -2.57. The molecule has 0 aliphatic carbocycles. The number of hydrogen-bond donors (Lipinski definition) is 1. The molecule has 0 saturated carbocycles. The first-order chi connectivity index (χ1) is 16.7. The van der Waals surface area contributed by atoms with E-state index in [4.69, 9.17) is 9.72 Å². The van der Waals surface area contributed by atoms with Crippen LogP contribution in [0.1, 0.15) is 50.3 Å². The van der Waals surface area contributed by atoms with Crippen LogP contribution in [0.25, 0.3) is 21.7 Å². The SMILES string of the molecule is CCCc1cn(CCCc2ccc(OC3CCCNCC3)cc2)c(-c2cc3sccc3n2C)n1. The van der Waals surface area contributed by atoms with Crippen molar-refractivity contribution >= 4 is 21.6 Å². The quantitative estimate of drug-likeness (QED) is 0.312. The molecule has 180 valence electrons. The van der Waals surface area contributed by atoms with Crippen LogP contribution in [0.3, 0.4) is 0 Å². The first kappa shape index (κ1) is 23.2. The minimum absolute atomic E-state index is 0.339. The molecule has 34 heavy (non-hydrogen) atoms. The lowest BCUT2D eigenvalue weighted by Crippen LogP contribution is -2.19. The molecule has 1 atom stereocenters. The highest BCUT2D eigenvalue weighted by Crippen LogP contribution is 2.30. The molecule has 1 aliphatic rings. The van der Waals surface area contributed by atoms with Gasteiger partial charge in [-0.2, -0.15) is 0 Å². The second-order valence-electron chi connectivity index (χ2n) is 9.43. The predicted octanol–water partition coefficient (Wildman–Crippen LogP) is 6.21. The van der Waals surface area contributed by atoms with Gasteiger partial charge in [0.05, 0.1) is 27.7 Å². The minimum atomic E-state index is 0.339. The van der Waals surface area contributed by atoms with Crippen LogP contribution in [-0.4, -0.2) is 33.3 Å². The Labute approximate surface area is 206 Å². The number of ether oxygens (including phenoxy) is 1. The number of rotatable bonds is 9. The second kappa shape index (κ2) is 10.8. The molecule has 4 aromatic rings. The molecule has 5 nitrogen and oxygen atoms in total. The zero-order valence-electron chi connectivity index (χ0n) is 20.4. The summed E-state index contributed by atoms with van der Waals surface area (Å²) in [4.78, 5) is 5.03. The molecule has 6 heteroatoms. The minimum Gasteiger partial charge on any atom is -0.490 e. The summed E-state index contributed by atoms with van der Waals surface area (Å²) in [7, 11) is 2.15. The van der Waals surface area contributed by atoms with Crippen LogP contribution in [0.5, 0.6) is 5.75 Å². The van der Waals surface area contributed by atoms with Gasteiger partial charge < -0.3 is 19.2 Å². The van der Waals surface area contributed by atoms with E-state index >= 15 is 0 Å². The maximum Gasteiger partial charge on any atom is 0.156 e. The van der Waals surface area contributed by atoms with E-state index in [0.29, 0.717) is 6.10 Å². The van der Waals surface area contributed by atoms with E-state index in [9.17, 15) is 0 Å². The molecule has 0 spiro atoms. The molecular formula is C28H36N4OS. The van der Waals surface area contributed by atoms with E-state index in [2.05, 4.69) is 76.4 Å². The van der Waals surface area contributed by atoms with Crippen LogP contribution >= 0.6 is 11.3 Å². The van der Waals surface area contributed by atoms with Crippen molar-refractivity contribution < 1.29 is 4.74 Å². The number of nitrogens with one attached hydrogen (secondary N) is 1. The first-order valence-electron chi connectivity index (χ1n) is 12.8. The molecule has 0 amide bonds. The predicted molar refractivity (Wildman–Crippen MR) is 142 cm³/mol. The van der Waals surface area contributed by atoms with Gasteiger partial charge in [-0.1, -0.05) is 25.5 Å². The third kappa shape index (κ3) is 5.23. The van der Waals surface area contributed by atoms with Crippen molar-refractivity contribution in [3.05, 3.63) is 59.2 Å². The second-order valence-corrected chi connectivity index (χ2v) is 10.4. The van der Waals surface area contributed by atoms with Crippen molar-refractivity contribution in [1.29, 1.82) is 0 Å². The van der Waals surface area contributed by atoms with Crippen LogP contribution < -0.4 is 10.1 Å². The maximum atomic E-state index is 6.23. The van der Waals surface area contributed by atoms with Gasteiger partial charge in [0.1, 0.15) is 5.75 Å². The molecular weight excluding hydrogens is 440 g/mol. The van der Waals surface area contributed by atoms with Gasteiger partial charge in [-0.15, -0.1) is 11.3 Å². The molecule has 0 bridgehead atoms. The highest BCUT2D eigenvalue weighted by atomic mass is 32.1. The molecule has 1 unspecified atom stereocenters. The average molecular weight is 477 g/mol. The molecule has 1 aliphatic heterocycles. The first-order valence-corrected chi connectivity index (χ1v) is 13.6. The average Bonchev–Trinajstić information content (AvgIpc) is 3.47. The maximum absolute atomic E-state index is 6.23. The fraction of sp³-hybridized carbons (Fsp3) is 0.464. The van der Waals surface area contributed by atoms with Crippen molar-refractivity contribution in [2.45, 2.75) is 64.5 Å². The monoisotopic (exact) mass is 476 g/mol. The zero-order valence-corrected chi connectivity index (χ0v) is 21.2. The van der Waals surface area contributed by atoms with Crippen molar-refractivity contribution in [3.8, 4) is 17.3 Å². The zero-order chi connectivity index (χ0) is 23.3. The van der Waals surface area contributed by atoms with Gasteiger partial charge in [0.2, 0.25) is 0 Å². The molecule has 1 fully saturated rings. The largest absolute Gasteiger partial charge is 0.490 e. The lowest BCUT2D eigenvalue weighted by Gasteiger charge is -2.17. The van der Waals surface area contributed by atoms with Gasteiger partial charge in [-0.3, -0.25) is 0 Å². The summed E-state index contributed by atoms with van der Waals surface area (Å²) in [5.41, 5.74) is 5.05. The molecule has 1 N–H and O–H groups in total. The number of aromatic nitrogens is 3. The molecule has 4 heterocycles. The lowest BCUT2D eigenvalue weighted by molar-refractivity contribution is 0.187. The standard InChI is InChI=1S/C28H36N4OS/c1-3-6-22-20-32(28(30-22)26-19-27-25(31(26)2)14-18-34-27)17-5-7-21-9-11-24(12-10-21)33-23-8-4-15-29-16-13-23/h9-12,14,18-20,23,29H,3-8,13,15-17H2,1-2H3. The van der Waals surface area contributed by atoms with Gasteiger partial charge >= 0.3 is 0 Å². The Kier molecular flexibility index (Phi) is 7.36. The third-order valence-electron chi connectivity index (χ3n) is 6.84. The number of aryl methyl sites for hydroxylation is 4. The summed E-state index contributed by atoms with van der Waals surface area (Å²) in [6, 6.07) is 13.2. The Bertz CT molecular complexity index is 1200. The molecule has 1 aromatic carbocycles. The fourth-order valence-corrected chi connectivity index (χ4v) is 5.82. The number of hydrogen-bond acceptors (Lipinski definition) is 4. The molecule has 0 radical (unpaired) electrons. The van der Waals surface area contributed by atoms with Crippen LogP contribution in [0.4, 0.5) is 0 Å². The van der Waals surface area contributed by atoms with Crippen LogP contribution in [0, 0.1) is 0 Å². The van der Waals surface area contributed by atoms with Gasteiger partial charge in [-0.05, 0) is 86.8 Å². The lowest BCUT2D eigenvalue weighted by atomic mass is 10.1. The number of thiophene rings is 1. The van der Waals surface area contributed by atoms with Crippen LogP contribution in [0.2, 0.25) is 0 Å². The van der Waals surface area contributed by atoms with Gasteiger partial charge in [0.15, 0.2) is 5.82 Å². The molecule has 3 aromatic heterocycles. The van der Waals surface area contributed by atoms with E-state index in [1.54, 1.807) is 11.3 Å². The highest BCUT2D eigenvalue weighted by Gasteiger charge is 2.16. The summed E-state index contributed by atoms with van der Waals surface area (Å²) < 4.78 is 12.2. The van der Waals surface area contributed by atoms with Crippen molar-refractivity contribution in [3.63, 3.8) is 0 Å². The smallest absolute Gasteiger partial charge is 0.156 e. The summed E-state index contributed by atoms with van der Waals surface area (Å²) in [5.74, 6) is 2.09. The Morgan fingerprint density at radius 1 is 1.12 bits per heavy atom. The van der Waals surface area contributed by atoms with Crippen LogP contribution in [-0.2, 0) is 26.4 Å². The third-order valence-corrected chi connectivity index (χ3v) is 7.69. The Balaban J connectivity index is 1.23. The molecule has 1 saturated heterocycles.